The Morgan fingerprint density at radius 3 is 2.93 bits per heavy atom. The minimum absolute atomic E-state index is 0.497. The maximum absolute atomic E-state index is 5.53. The van der Waals surface area contributed by atoms with Crippen LogP contribution in [0.3, 0.4) is 0 Å². The van der Waals surface area contributed by atoms with Crippen molar-refractivity contribution in [2.24, 2.45) is 5.73 Å². The molecule has 0 aliphatic heterocycles. The second kappa shape index (κ2) is 3.67. The Balaban J connectivity index is 2.55. The molecule has 2 heterocycles. The SMILES string of the molecule is CC(C)c1csc2nnc(CCN)n12. The summed E-state index contributed by atoms with van der Waals surface area (Å²) in [6.45, 7) is 4.97. The van der Waals surface area contributed by atoms with Crippen molar-refractivity contribution in [3.05, 3.63) is 16.9 Å². The molecular weight excluding hydrogens is 196 g/mol. The topological polar surface area (TPSA) is 56.2 Å². The smallest absolute Gasteiger partial charge is 0.216 e. The van der Waals surface area contributed by atoms with Gasteiger partial charge in [-0.05, 0) is 12.5 Å². The van der Waals surface area contributed by atoms with Gasteiger partial charge in [0, 0.05) is 17.5 Å². The van der Waals surface area contributed by atoms with Gasteiger partial charge in [-0.25, -0.2) is 0 Å². The quantitative estimate of drug-likeness (QED) is 0.833. The summed E-state index contributed by atoms with van der Waals surface area (Å²) in [4.78, 5) is 0.970. The molecule has 2 aromatic rings. The van der Waals surface area contributed by atoms with Gasteiger partial charge in [-0.1, -0.05) is 13.8 Å². The van der Waals surface area contributed by atoms with E-state index in [1.54, 1.807) is 11.3 Å². The third-order valence-corrected chi connectivity index (χ3v) is 3.04. The summed E-state index contributed by atoms with van der Waals surface area (Å²) in [5.74, 6) is 1.48. The van der Waals surface area contributed by atoms with E-state index in [-0.39, 0.29) is 0 Å². The van der Waals surface area contributed by atoms with Crippen molar-refractivity contribution in [1.29, 1.82) is 0 Å². The molecular formula is C9H14N4S. The highest BCUT2D eigenvalue weighted by Crippen LogP contribution is 2.22. The first-order chi connectivity index (χ1) is 6.74. The van der Waals surface area contributed by atoms with Crippen LogP contribution in [0.5, 0.6) is 0 Å². The van der Waals surface area contributed by atoms with E-state index >= 15 is 0 Å². The summed E-state index contributed by atoms with van der Waals surface area (Å²) in [5.41, 5.74) is 6.80. The number of fused-ring (bicyclic) bond motifs is 1. The third-order valence-electron chi connectivity index (χ3n) is 2.20. The Kier molecular flexibility index (Phi) is 2.52. The van der Waals surface area contributed by atoms with E-state index in [2.05, 4.69) is 33.8 Å². The lowest BCUT2D eigenvalue weighted by Gasteiger charge is -2.04. The third kappa shape index (κ3) is 1.42. The van der Waals surface area contributed by atoms with Gasteiger partial charge in [0.2, 0.25) is 4.96 Å². The molecule has 0 bridgehead atoms. The van der Waals surface area contributed by atoms with E-state index in [9.17, 15) is 0 Å². The second-order valence-corrected chi connectivity index (χ2v) is 4.42. The number of rotatable bonds is 3. The van der Waals surface area contributed by atoms with Gasteiger partial charge in [0.15, 0.2) is 0 Å². The van der Waals surface area contributed by atoms with E-state index in [1.807, 2.05) is 0 Å². The van der Waals surface area contributed by atoms with Gasteiger partial charge in [-0.15, -0.1) is 21.5 Å². The molecule has 0 fully saturated rings. The van der Waals surface area contributed by atoms with Gasteiger partial charge in [-0.3, -0.25) is 4.40 Å². The van der Waals surface area contributed by atoms with Crippen molar-refractivity contribution in [3.8, 4) is 0 Å². The van der Waals surface area contributed by atoms with Gasteiger partial charge >= 0.3 is 0 Å². The number of hydrogen-bond donors (Lipinski definition) is 1. The first-order valence-electron chi connectivity index (χ1n) is 4.75. The van der Waals surface area contributed by atoms with Crippen LogP contribution in [0, 0.1) is 0 Å². The standard InChI is InChI=1S/C9H14N4S/c1-6(2)7-5-14-9-12-11-8(3-4-10)13(7)9/h5-6H,3-4,10H2,1-2H3. The minimum atomic E-state index is 0.497. The maximum atomic E-state index is 5.53. The maximum Gasteiger partial charge on any atom is 0.216 e. The highest BCUT2D eigenvalue weighted by atomic mass is 32.1. The predicted octanol–water partition coefficient (Wildman–Crippen LogP) is 1.42. The number of nitrogens with zero attached hydrogens (tertiary/aromatic N) is 3. The van der Waals surface area contributed by atoms with Crippen LogP contribution in [-0.4, -0.2) is 21.1 Å². The second-order valence-electron chi connectivity index (χ2n) is 3.59. The molecule has 0 amide bonds. The zero-order chi connectivity index (χ0) is 10.1. The Morgan fingerprint density at radius 1 is 1.50 bits per heavy atom. The lowest BCUT2D eigenvalue weighted by Crippen LogP contribution is -2.07. The van der Waals surface area contributed by atoms with Crippen molar-refractivity contribution >= 4 is 16.3 Å². The summed E-state index contributed by atoms with van der Waals surface area (Å²) in [6, 6.07) is 0. The normalized spacial score (nSPS) is 11.7. The Labute approximate surface area is 86.8 Å². The summed E-state index contributed by atoms with van der Waals surface area (Å²) in [6.07, 6.45) is 0.789. The molecule has 0 aromatic carbocycles. The molecule has 0 radical (unpaired) electrons. The van der Waals surface area contributed by atoms with Gasteiger partial charge in [0.05, 0.1) is 0 Å². The van der Waals surface area contributed by atoms with Crippen LogP contribution in [-0.2, 0) is 6.42 Å². The van der Waals surface area contributed by atoms with Crippen molar-refractivity contribution in [2.45, 2.75) is 26.2 Å². The average molecular weight is 210 g/mol. The molecule has 2 rings (SSSR count). The largest absolute Gasteiger partial charge is 0.330 e. The molecule has 0 unspecified atom stereocenters. The first kappa shape index (κ1) is 9.61. The highest BCUT2D eigenvalue weighted by Gasteiger charge is 2.12. The average Bonchev–Trinajstić information content (AvgIpc) is 2.67. The molecule has 0 aliphatic carbocycles. The van der Waals surface area contributed by atoms with Gasteiger partial charge in [0.1, 0.15) is 5.82 Å². The van der Waals surface area contributed by atoms with E-state index in [0.29, 0.717) is 12.5 Å². The lowest BCUT2D eigenvalue weighted by molar-refractivity contribution is 0.768. The Bertz CT molecular complexity index is 429. The van der Waals surface area contributed by atoms with Crippen LogP contribution < -0.4 is 5.73 Å². The molecule has 2 aromatic heterocycles. The summed E-state index contributed by atoms with van der Waals surface area (Å²) in [5, 5.41) is 10.4. The molecule has 76 valence electrons. The van der Waals surface area contributed by atoms with Crippen molar-refractivity contribution in [2.75, 3.05) is 6.54 Å². The minimum Gasteiger partial charge on any atom is -0.330 e. The monoisotopic (exact) mass is 210 g/mol. The summed E-state index contributed by atoms with van der Waals surface area (Å²) >= 11 is 1.64. The summed E-state index contributed by atoms with van der Waals surface area (Å²) < 4.78 is 2.13. The molecule has 0 atom stereocenters. The van der Waals surface area contributed by atoms with Crippen molar-refractivity contribution in [1.82, 2.24) is 14.6 Å². The van der Waals surface area contributed by atoms with Gasteiger partial charge < -0.3 is 5.73 Å². The van der Waals surface area contributed by atoms with E-state index in [1.165, 1.54) is 5.69 Å². The van der Waals surface area contributed by atoms with E-state index in [4.69, 9.17) is 5.73 Å². The summed E-state index contributed by atoms with van der Waals surface area (Å²) in [7, 11) is 0. The fourth-order valence-electron chi connectivity index (χ4n) is 1.49. The number of aromatic nitrogens is 3. The predicted molar refractivity (Wildman–Crippen MR) is 57.7 cm³/mol. The number of hydrogen-bond acceptors (Lipinski definition) is 4. The molecule has 5 heteroatoms. The molecule has 2 N–H and O–H groups in total. The first-order valence-corrected chi connectivity index (χ1v) is 5.63. The van der Waals surface area contributed by atoms with Crippen LogP contribution in [0.25, 0.3) is 4.96 Å². The van der Waals surface area contributed by atoms with Crippen molar-refractivity contribution < 1.29 is 0 Å². The number of thiazole rings is 1. The van der Waals surface area contributed by atoms with E-state index < -0.39 is 0 Å². The fraction of sp³-hybridized carbons (Fsp3) is 0.556. The van der Waals surface area contributed by atoms with Crippen LogP contribution in [0.2, 0.25) is 0 Å². The van der Waals surface area contributed by atoms with Crippen LogP contribution in [0.1, 0.15) is 31.3 Å². The molecule has 0 spiro atoms. The highest BCUT2D eigenvalue weighted by molar-refractivity contribution is 7.15. The van der Waals surface area contributed by atoms with Gasteiger partial charge in [-0.2, -0.15) is 0 Å². The number of nitrogens with two attached hydrogens (primary N) is 1. The molecule has 0 saturated carbocycles. The zero-order valence-corrected chi connectivity index (χ0v) is 9.21. The van der Waals surface area contributed by atoms with Crippen LogP contribution >= 0.6 is 11.3 Å². The van der Waals surface area contributed by atoms with Crippen LogP contribution in [0.15, 0.2) is 5.38 Å². The van der Waals surface area contributed by atoms with Crippen LogP contribution in [0.4, 0.5) is 0 Å². The lowest BCUT2D eigenvalue weighted by atomic mass is 10.1. The molecule has 4 nitrogen and oxygen atoms in total. The molecule has 14 heavy (non-hydrogen) atoms. The molecule has 0 aliphatic rings. The fourth-order valence-corrected chi connectivity index (χ4v) is 2.49. The molecule has 0 saturated heterocycles. The van der Waals surface area contributed by atoms with E-state index in [0.717, 1.165) is 17.2 Å². The van der Waals surface area contributed by atoms with Crippen molar-refractivity contribution in [3.63, 3.8) is 0 Å². The zero-order valence-electron chi connectivity index (χ0n) is 8.40. The Morgan fingerprint density at radius 2 is 2.29 bits per heavy atom. The Hall–Kier alpha value is -0.940. The van der Waals surface area contributed by atoms with Gasteiger partial charge in [0.25, 0.3) is 0 Å².